The number of anilines is 1. The van der Waals surface area contributed by atoms with E-state index in [0.29, 0.717) is 0 Å². The van der Waals surface area contributed by atoms with E-state index in [1.54, 1.807) is 0 Å². The molecule has 0 saturated carbocycles. The van der Waals surface area contributed by atoms with Crippen molar-refractivity contribution in [1.29, 1.82) is 0 Å². The molecule has 106 valence electrons. The van der Waals surface area contributed by atoms with Crippen LogP contribution in [0.4, 0.5) is 5.69 Å². The van der Waals surface area contributed by atoms with Gasteiger partial charge in [-0.25, -0.2) is 0 Å². The molecule has 1 aromatic carbocycles. The van der Waals surface area contributed by atoms with E-state index in [4.69, 9.17) is 9.84 Å². The molecule has 2 rings (SSSR count). The number of aliphatic hydroxyl groups is 1. The SMILES string of the molecule is OCCCc1ccccc1NCCN1CCOCC1. The molecule has 1 saturated heterocycles. The van der Waals surface area contributed by atoms with Crippen LogP contribution in [0.25, 0.3) is 0 Å². The van der Waals surface area contributed by atoms with Gasteiger partial charge < -0.3 is 15.2 Å². The monoisotopic (exact) mass is 264 g/mol. The van der Waals surface area contributed by atoms with Gasteiger partial charge in [0.25, 0.3) is 0 Å². The minimum Gasteiger partial charge on any atom is -0.396 e. The number of ether oxygens (including phenoxy) is 1. The van der Waals surface area contributed by atoms with Crippen molar-refractivity contribution in [3.8, 4) is 0 Å². The molecule has 1 aliphatic rings. The summed E-state index contributed by atoms with van der Waals surface area (Å²) in [6, 6.07) is 8.36. The maximum absolute atomic E-state index is 8.93. The van der Waals surface area contributed by atoms with Crippen molar-refractivity contribution in [2.45, 2.75) is 12.8 Å². The molecule has 0 aliphatic carbocycles. The Bertz CT molecular complexity index is 365. The van der Waals surface area contributed by atoms with Gasteiger partial charge in [-0.2, -0.15) is 0 Å². The zero-order chi connectivity index (χ0) is 13.3. The average Bonchev–Trinajstić information content (AvgIpc) is 2.47. The van der Waals surface area contributed by atoms with Crippen LogP contribution in [0.5, 0.6) is 0 Å². The van der Waals surface area contributed by atoms with Crippen LogP contribution in [-0.4, -0.2) is 56.0 Å². The summed E-state index contributed by atoms with van der Waals surface area (Å²) in [4.78, 5) is 2.42. The fraction of sp³-hybridized carbons (Fsp3) is 0.600. The lowest BCUT2D eigenvalue weighted by Crippen LogP contribution is -2.39. The first-order valence-corrected chi connectivity index (χ1v) is 7.13. The number of aryl methyl sites for hydroxylation is 1. The standard InChI is InChI=1S/C15H24N2O2/c18-11-3-5-14-4-1-2-6-15(14)16-7-8-17-9-12-19-13-10-17/h1-2,4,6,16,18H,3,5,7-13H2. The summed E-state index contributed by atoms with van der Waals surface area (Å²) < 4.78 is 5.34. The summed E-state index contributed by atoms with van der Waals surface area (Å²) in [5, 5.41) is 12.4. The molecule has 0 aromatic heterocycles. The van der Waals surface area contributed by atoms with Crippen LogP contribution in [0.2, 0.25) is 0 Å². The summed E-state index contributed by atoms with van der Waals surface area (Å²) in [6.45, 7) is 6.04. The van der Waals surface area contributed by atoms with E-state index in [1.165, 1.54) is 11.3 Å². The largest absolute Gasteiger partial charge is 0.396 e. The molecule has 0 radical (unpaired) electrons. The van der Waals surface area contributed by atoms with Crippen molar-refractivity contribution in [2.24, 2.45) is 0 Å². The number of aliphatic hydroxyl groups excluding tert-OH is 1. The fourth-order valence-corrected chi connectivity index (χ4v) is 2.35. The Morgan fingerprint density at radius 3 is 2.79 bits per heavy atom. The van der Waals surface area contributed by atoms with Crippen LogP contribution in [0, 0.1) is 0 Å². The van der Waals surface area contributed by atoms with E-state index in [0.717, 1.165) is 52.2 Å². The zero-order valence-corrected chi connectivity index (χ0v) is 11.5. The Balaban J connectivity index is 1.77. The molecule has 0 atom stereocenters. The Labute approximate surface area is 115 Å². The van der Waals surface area contributed by atoms with E-state index in [2.05, 4.69) is 34.5 Å². The highest BCUT2D eigenvalue weighted by atomic mass is 16.5. The summed E-state index contributed by atoms with van der Waals surface area (Å²) in [6.07, 6.45) is 1.75. The van der Waals surface area contributed by atoms with Gasteiger partial charge in [-0.3, -0.25) is 4.90 Å². The maximum Gasteiger partial charge on any atom is 0.0594 e. The molecule has 2 N–H and O–H groups in total. The quantitative estimate of drug-likeness (QED) is 0.780. The topological polar surface area (TPSA) is 44.7 Å². The summed E-state index contributed by atoms with van der Waals surface area (Å²) in [5.74, 6) is 0. The van der Waals surface area contributed by atoms with E-state index < -0.39 is 0 Å². The molecule has 1 aromatic rings. The van der Waals surface area contributed by atoms with E-state index in [1.807, 2.05) is 0 Å². The van der Waals surface area contributed by atoms with Crippen molar-refractivity contribution >= 4 is 5.69 Å². The third-order valence-corrected chi connectivity index (χ3v) is 3.47. The van der Waals surface area contributed by atoms with Crippen molar-refractivity contribution in [3.05, 3.63) is 29.8 Å². The van der Waals surface area contributed by atoms with Crippen LogP contribution < -0.4 is 5.32 Å². The summed E-state index contributed by atoms with van der Waals surface area (Å²) in [7, 11) is 0. The second-order valence-electron chi connectivity index (χ2n) is 4.87. The molecule has 0 bridgehead atoms. The Kier molecular flexibility index (Phi) is 6.14. The summed E-state index contributed by atoms with van der Waals surface area (Å²) >= 11 is 0. The number of rotatable bonds is 7. The van der Waals surface area contributed by atoms with Crippen LogP contribution >= 0.6 is 0 Å². The highest BCUT2D eigenvalue weighted by Gasteiger charge is 2.09. The van der Waals surface area contributed by atoms with E-state index in [-0.39, 0.29) is 6.61 Å². The molecule has 1 fully saturated rings. The van der Waals surface area contributed by atoms with Crippen molar-refractivity contribution in [1.82, 2.24) is 4.90 Å². The lowest BCUT2D eigenvalue weighted by atomic mass is 10.1. The molecule has 1 heterocycles. The number of hydrogen-bond donors (Lipinski definition) is 2. The highest BCUT2D eigenvalue weighted by Crippen LogP contribution is 2.16. The average molecular weight is 264 g/mol. The Hall–Kier alpha value is -1.10. The first-order valence-electron chi connectivity index (χ1n) is 7.13. The Morgan fingerprint density at radius 1 is 1.21 bits per heavy atom. The lowest BCUT2D eigenvalue weighted by molar-refractivity contribution is 0.0398. The molecule has 0 spiro atoms. The van der Waals surface area contributed by atoms with Gasteiger partial charge in [0.2, 0.25) is 0 Å². The zero-order valence-electron chi connectivity index (χ0n) is 11.5. The first-order chi connectivity index (χ1) is 9.40. The molecule has 4 heteroatoms. The van der Waals surface area contributed by atoms with Crippen molar-refractivity contribution in [3.63, 3.8) is 0 Å². The second kappa shape index (κ2) is 8.15. The van der Waals surface area contributed by atoms with Crippen LogP contribution in [0.15, 0.2) is 24.3 Å². The maximum atomic E-state index is 8.93. The third-order valence-electron chi connectivity index (χ3n) is 3.47. The van der Waals surface area contributed by atoms with Gasteiger partial charge in [0.05, 0.1) is 13.2 Å². The second-order valence-corrected chi connectivity index (χ2v) is 4.87. The Morgan fingerprint density at radius 2 is 2.00 bits per heavy atom. The van der Waals surface area contributed by atoms with Crippen LogP contribution in [0.3, 0.4) is 0 Å². The lowest BCUT2D eigenvalue weighted by Gasteiger charge is -2.26. The first kappa shape index (κ1) is 14.3. The summed E-state index contributed by atoms with van der Waals surface area (Å²) in [5.41, 5.74) is 2.49. The smallest absolute Gasteiger partial charge is 0.0594 e. The predicted octanol–water partition coefficient (Wildman–Crippen LogP) is 1.36. The van der Waals surface area contributed by atoms with Crippen molar-refractivity contribution < 1.29 is 9.84 Å². The minimum absolute atomic E-state index is 0.252. The number of benzene rings is 1. The number of para-hydroxylation sites is 1. The van der Waals surface area contributed by atoms with Crippen molar-refractivity contribution in [2.75, 3.05) is 51.3 Å². The molecular formula is C15H24N2O2. The van der Waals surface area contributed by atoms with Gasteiger partial charge in [-0.15, -0.1) is 0 Å². The van der Waals surface area contributed by atoms with Gasteiger partial charge in [0, 0.05) is 38.5 Å². The molecule has 0 unspecified atom stereocenters. The van der Waals surface area contributed by atoms with Gasteiger partial charge in [-0.1, -0.05) is 18.2 Å². The van der Waals surface area contributed by atoms with E-state index in [9.17, 15) is 0 Å². The third kappa shape index (κ3) is 4.82. The van der Waals surface area contributed by atoms with Gasteiger partial charge >= 0.3 is 0 Å². The number of nitrogens with zero attached hydrogens (tertiary/aromatic N) is 1. The number of nitrogens with one attached hydrogen (secondary N) is 1. The highest BCUT2D eigenvalue weighted by molar-refractivity contribution is 5.51. The molecule has 1 aliphatic heterocycles. The minimum atomic E-state index is 0.252. The number of hydrogen-bond acceptors (Lipinski definition) is 4. The molecule has 0 amide bonds. The molecular weight excluding hydrogens is 240 g/mol. The van der Waals surface area contributed by atoms with E-state index >= 15 is 0 Å². The number of morpholine rings is 1. The molecule has 19 heavy (non-hydrogen) atoms. The predicted molar refractivity (Wildman–Crippen MR) is 77.6 cm³/mol. The normalized spacial score (nSPS) is 16.5. The van der Waals surface area contributed by atoms with Crippen LogP contribution in [-0.2, 0) is 11.2 Å². The van der Waals surface area contributed by atoms with Gasteiger partial charge in [0.1, 0.15) is 0 Å². The fourth-order valence-electron chi connectivity index (χ4n) is 2.35. The van der Waals surface area contributed by atoms with Gasteiger partial charge in [0.15, 0.2) is 0 Å². The van der Waals surface area contributed by atoms with Crippen LogP contribution in [0.1, 0.15) is 12.0 Å². The van der Waals surface area contributed by atoms with Gasteiger partial charge in [-0.05, 0) is 24.5 Å². The molecule has 4 nitrogen and oxygen atoms in total.